The first-order valence-electron chi connectivity index (χ1n) is 4.77. The maximum Gasteiger partial charge on any atom is 0.257 e. The fraction of sp³-hybridized carbons (Fsp3) is 0.500. The largest absolute Gasteiger partial charge is 0.370 e. The van der Waals surface area contributed by atoms with Crippen LogP contribution in [0, 0.1) is 0 Å². The second-order valence-corrected chi connectivity index (χ2v) is 4.90. The molecule has 0 unspecified atom stereocenters. The van der Waals surface area contributed by atoms with E-state index in [0.29, 0.717) is 12.2 Å². The Balaban J connectivity index is 2.66. The first-order chi connectivity index (χ1) is 7.45. The van der Waals surface area contributed by atoms with Gasteiger partial charge in [0.1, 0.15) is 5.82 Å². The summed E-state index contributed by atoms with van der Waals surface area (Å²) in [5.41, 5.74) is 4.89. The molecule has 0 saturated heterocycles. The highest BCUT2D eigenvalue weighted by molar-refractivity contribution is 7.89. The number of carbonyl (C=O) groups excluding carboxylic acids is 1. The number of aryl methyl sites for hydroxylation is 1. The van der Waals surface area contributed by atoms with Crippen LogP contribution < -0.4 is 10.5 Å². The van der Waals surface area contributed by atoms with Crippen LogP contribution in [-0.2, 0) is 21.2 Å². The summed E-state index contributed by atoms with van der Waals surface area (Å²) in [7, 11) is -3.62. The first-order valence-corrected chi connectivity index (χ1v) is 6.26. The summed E-state index contributed by atoms with van der Waals surface area (Å²) in [4.78, 5) is 17.0. The fourth-order valence-corrected chi connectivity index (χ4v) is 2.02. The zero-order chi connectivity index (χ0) is 12.2. The molecule has 1 rings (SSSR count). The summed E-state index contributed by atoms with van der Waals surface area (Å²) in [6, 6.07) is 0. The predicted molar refractivity (Wildman–Crippen MR) is 57.0 cm³/mol. The molecule has 1 heterocycles. The molecule has 0 atom stereocenters. The first kappa shape index (κ1) is 12.7. The van der Waals surface area contributed by atoms with Crippen molar-refractivity contribution in [3.63, 3.8) is 0 Å². The molecule has 8 heteroatoms. The van der Waals surface area contributed by atoms with Gasteiger partial charge in [-0.3, -0.25) is 4.79 Å². The molecule has 0 aromatic carbocycles. The second kappa shape index (κ2) is 5.08. The number of nitrogens with one attached hydrogen (secondary N) is 2. The van der Waals surface area contributed by atoms with E-state index in [4.69, 9.17) is 5.73 Å². The summed E-state index contributed by atoms with van der Waals surface area (Å²) >= 11 is 0. The van der Waals surface area contributed by atoms with Crippen LogP contribution >= 0.6 is 0 Å². The van der Waals surface area contributed by atoms with Crippen molar-refractivity contribution in [2.24, 2.45) is 5.73 Å². The number of amides is 1. The predicted octanol–water partition coefficient (Wildman–Crippen LogP) is -0.874. The lowest BCUT2D eigenvalue weighted by atomic mass is 10.4. The summed E-state index contributed by atoms with van der Waals surface area (Å²) in [5, 5.41) is -0.00572. The Kier molecular flexibility index (Phi) is 4.02. The maximum absolute atomic E-state index is 11.6. The Morgan fingerprint density at radius 2 is 2.31 bits per heavy atom. The van der Waals surface area contributed by atoms with Crippen molar-refractivity contribution in [3.8, 4) is 0 Å². The van der Waals surface area contributed by atoms with E-state index in [0.717, 1.165) is 0 Å². The van der Waals surface area contributed by atoms with Crippen LogP contribution in [0.5, 0.6) is 0 Å². The van der Waals surface area contributed by atoms with E-state index in [-0.39, 0.29) is 18.0 Å². The van der Waals surface area contributed by atoms with Crippen LogP contribution in [0.3, 0.4) is 0 Å². The SMILES string of the molecule is CCc1ncc(S(=O)(=O)NCCC(N)=O)[nH]1. The van der Waals surface area contributed by atoms with Gasteiger partial charge >= 0.3 is 0 Å². The van der Waals surface area contributed by atoms with Gasteiger partial charge in [-0.05, 0) is 0 Å². The van der Waals surface area contributed by atoms with Gasteiger partial charge in [0, 0.05) is 19.4 Å². The molecule has 0 aliphatic carbocycles. The minimum Gasteiger partial charge on any atom is -0.370 e. The number of nitrogens with two attached hydrogens (primary N) is 1. The topological polar surface area (TPSA) is 118 Å². The lowest BCUT2D eigenvalue weighted by molar-refractivity contribution is -0.117. The Bertz CT molecular complexity index is 465. The number of sulfonamides is 1. The van der Waals surface area contributed by atoms with Gasteiger partial charge in [0.05, 0.1) is 6.20 Å². The number of hydrogen-bond donors (Lipinski definition) is 3. The number of imidazole rings is 1. The Morgan fingerprint density at radius 1 is 1.62 bits per heavy atom. The number of hydrogen-bond acceptors (Lipinski definition) is 4. The molecular formula is C8H14N4O3S. The molecule has 7 nitrogen and oxygen atoms in total. The third-order valence-electron chi connectivity index (χ3n) is 1.89. The van der Waals surface area contributed by atoms with Crippen LogP contribution in [0.4, 0.5) is 0 Å². The third kappa shape index (κ3) is 3.31. The van der Waals surface area contributed by atoms with Crippen molar-refractivity contribution in [3.05, 3.63) is 12.0 Å². The van der Waals surface area contributed by atoms with Gasteiger partial charge in [-0.25, -0.2) is 18.1 Å². The van der Waals surface area contributed by atoms with Crippen LogP contribution in [0.25, 0.3) is 0 Å². The van der Waals surface area contributed by atoms with Crippen molar-refractivity contribution in [2.45, 2.75) is 24.8 Å². The van der Waals surface area contributed by atoms with Gasteiger partial charge in [-0.15, -0.1) is 0 Å². The average molecular weight is 246 g/mol. The summed E-state index contributed by atoms with van der Waals surface area (Å²) in [5.74, 6) is 0.0387. The lowest BCUT2D eigenvalue weighted by Gasteiger charge is -2.02. The molecule has 0 radical (unpaired) electrons. The highest BCUT2D eigenvalue weighted by Gasteiger charge is 2.16. The van der Waals surface area contributed by atoms with E-state index >= 15 is 0 Å². The molecule has 0 spiro atoms. The van der Waals surface area contributed by atoms with E-state index in [1.807, 2.05) is 6.92 Å². The van der Waals surface area contributed by atoms with Gasteiger partial charge in [0.2, 0.25) is 5.91 Å². The van der Waals surface area contributed by atoms with E-state index in [2.05, 4.69) is 14.7 Å². The van der Waals surface area contributed by atoms with Crippen molar-refractivity contribution in [1.82, 2.24) is 14.7 Å². The summed E-state index contributed by atoms with van der Waals surface area (Å²) in [6.07, 6.45) is 1.83. The van der Waals surface area contributed by atoms with Gasteiger partial charge in [0.25, 0.3) is 10.0 Å². The molecule has 1 aromatic rings. The van der Waals surface area contributed by atoms with Gasteiger partial charge in [-0.1, -0.05) is 6.92 Å². The molecule has 16 heavy (non-hydrogen) atoms. The summed E-state index contributed by atoms with van der Waals surface area (Å²) in [6.45, 7) is 1.84. The molecule has 0 aliphatic heterocycles. The third-order valence-corrected chi connectivity index (χ3v) is 3.26. The maximum atomic E-state index is 11.6. The van der Waals surface area contributed by atoms with E-state index in [1.54, 1.807) is 0 Å². The highest BCUT2D eigenvalue weighted by atomic mass is 32.2. The monoisotopic (exact) mass is 246 g/mol. The smallest absolute Gasteiger partial charge is 0.257 e. The number of aromatic nitrogens is 2. The van der Waals surface area contributed by atoms with E-state index in [9.17, 15) is 13.2 Å². The highest BCUT2D eigenvalue weighted by Crippen LogP contribution is 2.05. The van der Waals surface area contributed by atoms with Gasteiger partial charge in [0.15, 0.2) is 5.03 Å². The molecular weight excluding hydrogens is 232 g/mol. The van der Waals surface area contributed by atoms with Crippen molar-refractivity contribution >= 4 is 15.9 Å². The lowest BCUT2D eigenvalue weighted by Crippen LogP contribution is -2.28. The van der Waals surface area contributed by atoms with Crippen LogP contribution in [0.1, 0.15) is 19.2 Å². The minimum atomic E-state index is -3.62. The Hall–Kier alpha value is -1.41. The molecule has 0 fully saturated rings. The Labute approximate surface area is 93.5 Å². The van der Waals surface area contributed by atoms with Crippen LogP contribution in [0.15, 0.2) is 11.2 Å². The molecule has 0 aliphatic rings. The molecule has 4 N–H and O–H groups in total. The standard InChI is InChI=1S/C8H14N4O3S/c1-2-7-10-5-8(12-7)16(14,15)11-4-3-6(9)13/h5,11H,2-4H2,1H3,(H2,9,13)(H,10,12). The number of nitrogens with zero attached hydrogens (tertiary/aromatic N) is 1. The molecule has 0 saturated carbocycles. The van der Waals surface area contributed by atoms with Gasteiger partial charge < -0.3 is 10.7 Å². The number of H-pyrrole nitrogens is 1. The van der Waals surface area contributed by atoms with E-state index < -0.39 is 15.9 Å². The minimum absolute atomic E-state index is 0.00572. The number of aromatic amines is 1. The molecule has 1 aromatic heterocycles. The average Bonchev–Trinajstić information content (AvgIpc) is 2.65. The molecule has 0 bridgehead atoms. The zero-order valence-corrected chi connectivity index (χ0v) is 9.67. The Morgan fingerprint density at radius 3 is 2.81 bits per heavy atom. The summed E-state index contributed by atoms with van der Waals surface area (Å²) < 4.78 is 25.5. The van der Waals surface area contributed by atoms with Crippen molar-refractivity contribution < 1.29 is 13.2 Å². The zero-order valence-electron chi connectivity index (χ0n) is 8.86. The van der Waals surface area contributed by atoms with Gasteiger partial charge in [-0.2, -0.15) is 0 Å². The second-order valence-electron chi connectivity index (χ2n) is 3.16. The van der Waals surface area contributed by atoms with Crippen molar-refractivity contribution in [2.75, 3.05) is 6.54 Å². The van der Waals surface area contributed by atoms with E-state index in [1.165, 1.54) is 6.20 Å². The fourth-order valence-electron chi connectivity index (χ4n) is 1.05. The molecule has 1 amide bonds. The molecule has 90 valence electrons. The number of rotatable bonds is 6. The normalized spacial score (nSPS) is 11.6. The number of carbonyl (C=O) groups is 1. The van der Waals surface area contributed by atoms with Crippen LogP contribution in [0.2, 0.25) is 0 Å². The van der Waals surface area contributed by atoms with Crippen molar-refractivity contribution in [1.29, 1.82) is 0 Å². The van der Waals surface area contributed by atoms with Crippen LogP contribution in [-0.4, -0.2) is 30.8 Å². The number of primary amides is 1. The quantitative estimate of drug-likeness (QED) is 0.604.